The van der Waals surface area contributed by atoms with Crippen LogP contribution in [0.4, 0.5) is 0 Å². The molecule has 4 bridgehead atoms. The van der Waals surface area contributed by atoms with Crippen LogP contribution in [-0.2, 0) is 21.4 Å². The van der Waals surface area contributed by atoms with Crippen LogP contribution >= 0.6 is 0 Å². The van der Waals surface area contributed by atoms with E-state index in [0.717, 1.165) is 24.0 Å². The molecular weight excluding hydrogens is 456 g/mol. The van der Waals surface area contributed by atoms with Gasteiger partial charge in [-0.3, -0.25) is 4.79 Å². The quantitative estimate of drug-likeness (QED) is 0.572. The zero-order valence-corrected chi connectivity index (χ0v) is 22.1. The van der Waals surface area contributed by atoms with Crippen LogP contribution in [0.25, 0.3) is 0 Å². The van der Waals surface area contributed by atoms with Crippen molar-refractivity contribution < 1.29 is 13.2 Å². The number of likely N-dealkylation sites (tertiary alicyclic amines) is 1. The fourth-order valence-electron chi connectivity index (χ4n) is 8.25. The van der Waals surface area contributed by atoms with Crippen molar-refractivity contribution in [1.29, 1.82) is 0 Å². The molecule has 4 atom stereocenters. The predicted octanol–water partition coefficient (Wildman–Crippen LogP) is 4.92. The van der Waals surface area contributed by atoms with E-state index in [-0.39, 0.29) is 16.9 Å². The van der Waals surface area contributed by atoms with Crippen molar-refractivity contribution in [2.24, 2.45) is 16.2 Å². The highest BCUT2D eigenvalue weighted by molar-refractivity contribution is 7.89. The lowest BCUT2D eigenvalue weighted by Gasteiger charge is -2.64. The Morgan fingerprint density at radius 1 is 0.857 bits per heavy atom. The van der Waals surface area contributed by atoms with E-state index in [0.29, 0.717) is 24.5 Å². The molecule has 35 heavy (non-hydrogen) atoms. The van der Waals surface area contributed by atoms with Crippen LogP contribution in [0.3, 0.4) is 0 Å². The third kappa shape index (κ3) is 2.67. The maximum absolute atomic E-state index is 14.1. The summed E-state index contributed by atoms with van der Waals surface area (Å²) in [5.74, 6) is 0.210. The Bertz CT molecular complexity index is 1380. The second-order valence-electron chi connectivity index (χ2n) is 12.1. The van der Waals surface area contributed by atoms with E-state index in [4.69, 9.17) is 0 Å². The third-order valence-electron chi connectivity index (χ3n) is 10.2. The van der Waals surface area contributed by atoms with E-state index >= 15 is 0 Å². The molecule has 2 aromatic carbocycles. The Balaban J connectivity index is 1.43. The maximum atomic E-state index is 14.1. The van der Waals surface area contributed by atoms with Gasteiger partial charge in [-0.05, 0) is 67.9 Å². The molecule has 0 radical (unpaired) electrons. The average molecular weight is 491 g/mol. The average Bonchev–Trinajstić information content (AvgIpc) is 3.31. The first-order chi connectivity index (χ1) is 16.4. The first kappa shape index (κ1) is 23.0. The molecule has 0 aromatic heterocycles. The zero-order chi connectivity index (χ0) is 25.0. The molecule has 7 rings (SSSR count). The van der Waals surface area contributed by atoms with Crippen LogP contribution in [0.1, 0.15) is 51.7 Å². The van der Waals surface area contributed by atoms with Crippen molar-refractivity contribution in [2.75, 3.05) is 13.1 Å². The lowest BCUT2D eigenvalue weighted by atomic mass is 9.39. The summed E-state index contributed by atoms with van der Waals surface area (Å²) in [6.07, 6.45) is 1.63. The summed E-state index contributed by atoms with van der Waals surface area (Å²) >= 11 is 0. The van der Waals surface area contributed by atoms with Gasteiger partial charge in [0.25, 0.3) is 0 Å². The molecule has 1 saturated heterocycles. The summed E-state index contributed by atoms with van der Waals surface area (Å²) < 4.78 is 29.0. The molecule has 1 saturated carbocycles. The molecule has 5 aliphatic rings. The predicted molar refractivity (Wildman–Crippen MR) is 136 cm³/mol. The highest BCUT2D eigenvalue weighted by atomic mass is 32.2. The van der Waals surface area contributed by atoms with Crippen molar-refractivity contribution in [1.82, 2.24) is 9.21 Å². The molecule has 1 amide bonds. The summed E-state index contributed by atoms with van der Waals surface area (Å²) in [6, 6.07) is 17.3. The fraction of sp³-hybridized carbons (Fsp3) is 0.483. The number of carbonyl (C=O) groups excluding carboxylic acids is 1. The van der Waals surface area contributed by atoms with E-state index in [9.17, 15) is 13.2 Å². The second-order valence-corrected chi connectivity index (χ2v) is 14.0. The highest BCUT2D eigenvalue weighted by Gasteiger charge is 2.79. The molecule has 6 heteroatoms. The molecule has 0 unspecified atom stereocenters. The normalized spacial score (nSPS) is 36.3. The van der Waals surface area contributed by atoms with Crippen molar-refractivity contribution in [3.63, 3.8) is 0 Å². The van der Waals surface area contributed by atoms with Gasteiger partial charge in [-0.25, -0.2) is 8.42 Å². The monoisotopic (exact) mass is 490 g/mol. The van der Waals surface area contributed by atoms with Crippen LogP contribution in [0.5, 0.6) is 0 Å². The van der Waals surface area contributed by atoms with Gasteiger partial charge in [0, 0.05) is 25.0 Å². The number of rotatable bonds is 4. The molecule has 0 spiro atoms. The van der Waals surface area contributed by atoms with Gasteiger partial charge < -0.3 is 4.90 Å². The topological polar surface area (TPSA) is 57.7 Å². The Morgan fingerprint density at radius 3 is 2.14 bits per heavy atom. The van der Waals surface area contributed by atoms with Crippen molar-refractivity contribution in [3.05, 3.63) is 76.9 Å². The number of hydrogen-bond donors (Lipinski definition) is 0. The lowest BCUT2D eigenvalue weighted by Crippen LogP contribution is -2.64. The smallest absolute Gasteiger partial charge is 0.243 e. The van der Waals surface area contributed by atoms with Gasteiger partial charge in [-0.15, -0.1) is 0 Å². The molecule has 3 aliphatic carbocycles. The SMILES string of the molecule is Cc1ccc(S(=O)(=O)N2CC3=C(C2)[C@@]2(C)[C@@]4(C)C[C@]3(C)C[C@]2(C)C(=O)N4Cc2ccccc2)cc1. The van der Waals surface area contributed by atoms with E-state index in [1.165, 1.54) is 11.1 Å². The Morgan fingerprint density at radius 2 is 1.49 bits per heavy atom. The molecule has 2 aromatic rings. The van der Waals surface area contributed by atoms with E-state index in [1.54, 1.807) is 16.4 Å². The Hall–Kier alpha value is -2.44. The van der Waals surface area contributed by atoms with Crippen LogP contribution in [0.15, 0.2) is 70.6 Å². The Labute approximate surface area is 208 Å². The lowest BCUT2D eigenvalue weighted by molar-refractivity contribution is -0.138. The molecule has 184 valence electrons. The van der Waals surface area contributed by atoms with E-state index < -0.39 is 20.9 Å². The molecule has 5 nitrogen and oxygen atoms in total. The number of aryl methyl sites for hydroxylation is 1. The zero-order valence-electron chi connectivity index (χ0n) is 21.3. The molecule has 2 heterocycles. The Kier molecular flexibility index (Phi) is 4.50. The summed E-state index contributed by atoms with van der Waals surface area (Å²) in [5, 5.41) is 0. The van der Waals surface area contributed by atoms with Crippen LogP contribution in [0, 0.1) is 23.2 Å². The minimum absolute atomic E-state index is 0.199. The minimum atomic E-state index is -3.62. The van der Waals surface area contributed by atoms with Gasteiger partial charge in [-0.1, -0.05) is 61.9 Å². The number of hydrogen-bond acceptors (Lipinski definition) is 3. The first-order valence-electron chi connectivity index (χ1n) is 12.5. The summed E-state index contributed by atoms with van der Waals surface area (Å²) in [5.41, 5.74) is 3.06. The summed E-state index contributed by atoms with van der Waals surface area (Å²) in [4.78, 5) is 16.6. The number of nitrogens with zero attached hydrogens (tertiary/aromatic N) is 2. The fourth-order valence-corrected chi connectivity index (χ4v) is 9.63. The van der Waals surface area contributed by atoms with Crippen molar-refractivity contribution in [2.45, 2.75) is 64.4 Å². The van der Waals surface area contributed by atoms with Crippen LogP contribution in [-0.4, -0.2) is 42.2 Å². The van der Waals surface area contributed by atoms with Crippen LogP contribution < -0.4 is 0 Å². The van der Waals surface area contributed by atoms with Crippen molar-refractivity contribution >= 4 is 15.9 Å². The minimum Gasteiger partial charge on any atom is -0.332 e. The maximum Gasteiger partial charge on any atom is 0.243 e. The standard InChI is InChI=1S/C29H34N2O3S/c1-20-11-13-22(14-12-20)35(33,34)30-16-23-24(17-30)29(5)27(3)18-26(23,2)19-28(29,4)31(25(27)32)15-21-9-7-6-8-10-21/h6-14H,15-19H2,1-5H3/t26-,27+,28+,29+/m0/s1. The van der Waals surface area contributed by atoms with Gasteiger partial charge >= 0.3 is 0 Å². The van der Waals surface area contributed by atoms with Gasteiger partial charge in [0.05, 0.1) is 15.8 Å². The third-order valence-corrected chi connectivity index (χ3v) is 12.0. The highest BCUT2D eigenvalue weighted by Crippen LogP contribution is 2.77. The number of amides is 1. The second kappa shape index (κ2) is 6.86. The summed E-state index contributed by atoms with van der Waals surface area (Å²) in [7, 11) is -3.62. The molecule has 0 N–H and O–H groups in total. The van der Waals surface area contributed by atoms with Gasteiger partial charge in [0.15, 0.2) is 0 Å². The van der Waals surface area contributed by atoms with Crippen LogP contribution in [0.2, 0.25) is 0 Å². The van der Waals surface area contributed by atoms with Gasteiger partial charge in [0.1, 0.15) is 0 Å². The molecular formula is C29H34N2O3S. The number of sulfonamides is 1. The van der Waals surface area contributed by atoms with Crippen molar-refractivity contribution in [3.8, 4) is 0 Å². The molecule has 2 fully saturated rings. The van der Waals surface area contributed by atoms with Gasteiger partial charge in [-0.2, -0.15) is 4.31 Å². The van der Waals surface area contributed by atoms with E-state index in [2.05, 4.69) is 44.7 Å². The van der Waals surface area contributed by atoms with Gasteiger partial charge in [0.2, 0.25) is 15.9 Å². The number of carbonyl (C=O) groups is 1. The van der Waals surface area contributed by atoms with E-state index in [1.807, 2.05) is 37.3 Å². The first-order valence-corrected chi connectivity index (χ1v) is 14.0. The number of benzene rings is 2. The summed E-state index contributed by atoms with van der Waals surface area (Å²) in [6.45, 7) is 12.2. The molecule has 2 aliphatic heterocycles. The largest absolute Gasteiger partial charge is 0.332 e.